The average molecular weight is 436 g/mol. The fraction of sp³-hybridized carbons (Fsp3) is 0.565. The van der Waals surface area contributed by atoms with Crippen LogP contribution in [0.5, 0.6) is 0 Å². The van der Waals surface area contributed by atoms with Crippen molar-refractivity contribution in [1.29, 1.82) is 0 Å². The van der Waals surface area contributed by atoms with Gasteiger partial charge < -0.3 is 9.02 Å². The van der Waals surface area contributed by atoms with E-state index in [4.69, 9.17) is 9.02 Å². The Labute approximate surface area is 180 Å². The van der Waals surface area contributed by atoms with Crippen molar-refractivity contribution < 1.29 is 22.2 Å². The maximum Gasteiger partial charge on any atom is 0.338 e. The van der Waals surface area contributed by atoms with E-state index in [1.165, 1.54) is 12.1 Å². The van der Waals surface area contributed by atoms with E-state index >= 15 is 0 Å². The fourth-order valence-corrected chi connectivity index (χ4v) is 4.62. The second-order valence-electron chi connectivity index (χ2n) is 7.50. The minimum atomic E-state index is -4.04. The second kappa shape index (κ2) is 11.9. The fourth-order valence-electron chi connectivity index (χ4n) is 3.61. The molecule has 1 aliphatic carbocycles. The van der Waals surface area contributed by atoms with Gasteiger partial charge in [-0.1, -0.05) is 62.9 Å². The predicted octanol–water partition coefficient (Wildman–Crippen LogP) is 5.40. The average Bonchev–Trinajstić information content (AvgIpc) is 2.73. The Balaban J connectivity index is 2.36. The van der Waals surface area contributed by atoms with Crippen LogP contribution in [0.4, 0.5) is 0 Å². The lowest BCUT2D eigenvalue weighted by Crippen LogP contribution is -2.27. The van der Waals surface area contributed by atoms with Crippen molar-refractivity contribution in [1.82, 2.24) is 0 Å². The molecule has 0 spiro atoms. The van der Waals surface area contributed by atoms with Crippen LogP contribution in [0.2, 0.25) is 0 Å². The normalized spacial score (nSPS) is 17.9. The molecule has 1 aromatic carbocycles. The topological polar surface area (TPSA) is 82.0 Å². The van der Waals surface area contributed by atoms with Gasteiger partial charge in [0.2, 0.25) is 0 Å². The molecular weight excluding hydrogens is 402 g/mol. The Kier molecular flexibility index (Phi) is 9.56. The van der Waals surface area contributed by atoms with E-state index in [0.717, 1.165) is 32.1 Å². The molecule has 30 heavy (non-hydrogen) atoms. The summed E-state index contributed by atoms with van der Waals surface area (Å²) in [5.41, 5.74) is 0.694. The molecule has 6 nitrogen and oxygen atoms in total. The van der Waals surface area contributed by atoms with E-state index in [1.807, 2.05) is 6.92 Å². The molecule has 1 aliphatic rings. The smallest absolute Gasteiger partial charge is 0.338 e. The minimum absolute atomic E-state index is 0.0640. The van der Waals surface area contributed by atoms with Crippen LogP contribution in [0.3, 0.4) is 0 Å². The van der Waals surface area contributed by atoms with E-state index in [1.54, 1.807) is 25.1 Å². The maximum absolute atomic E-state index is 13.0. The zero-order chi connectivity index (χ0) is 22.0. The Hall–Kier alpha value is -2.15. The number of hydrogen-bond donors (Lipinski definition) is 0. The summed E-state index contributed by atoms with van der Waals surface area (Å²) in [6.45, 7) is 6.18. The van der Waals surface area contributed by atoms with E-state index in [9.17, 15) is 13.2 Å². The summed E-state index contributed by atoms with van der Waals surface area (Å²) in [4.78, 5) is 18.3. The van der Waals surface area contributed by atoms with Crippen LogP contribution in [0.25, 0.3) is 0 Å². The zero-order valence-corrected chi connectivity index (χ0v) is 19.0. The van der Waals surface area contributed by atoms with Gasteiger partial charge in [0.1, 0.15) is 17.3 Å². The molecular formula is C23H33NO5S. The highest BCUT2D eigenvalue weighted by molar-refractivity contribution is 7.86. The van der Waals surface area contributed by atoms with Gasteiger partial charge >= 0.3 is 10.1 Å². The molecule has 1 unspecified atom stereocenters. The molecule has 1 atom stereocenters. The first-order valence-corrected chi connectivity index (χ1v) is 12.3. The Bertz CT molecular complexity index is 859. The molecule has 166 valence electrons. The number of carbonyl (C=O) groups is 1. The first kappa shape index (κ1) is 24.1. The van der Waals surface area contributed by atoms with Crippen LogP contribution >= 0.6 is 0 Å². The number of benzene rings is 1. The lowest BCUT2D eigenvalue weighted by atomic mass is 9.82. The van der Waals surface area contributed by atoms with Gasteiger partial charge in [0, 0.05) is 12.8 Å². The summed E-state index contributed by atoms with van der Waals surface area (Å²) in [6.07, 6.45) is 6.55. The maximum atomic E-state index is 13.0. The number of allylic oxidation sites excluding steroid dienone is 2. The number of nitrogens with zero attached hydrogens (tertiary/aromatic N) is 1. The summed E-state index contributed by atoms with van der Waals surface area (Å²) in [7, 11) is -4.04. The van der Waals surface area contributed by atoms with Crippen LogP contribution in [0, 0.1) is 5.92 Å². The van der Waals surface area contributed by atoms with Crippen molar-refractivity contribution in [3.63, 3.8) is 0 Å². The Morgan fingerprint density at radius 1 is 1.07 bits per heavy atom. The summed E-state index contributed by atoms with van der Waals surface area (Å²) in [5, 5.41) is 4.06. The summed E-state index contributed by atoms with van der Waals surface area (Å²) < 4.78 is 31.3. The minimum Gasteiger partial charge on any atom is -0.396 e. The molecule has 0 N–H and O–H groups in total. The number of ketones is 1. The Morgan fingerprint density at radius 2 is 1.80 bits per heavy atom. The molecule has 0 saturated heterocycles. The van der Waals surface area contributed by atoms with Crippen LogP contribution in [-0.4, -0.2) is 26.5 Å². The molecule has 0 aliphatic heterocycles. The summed E-state index contributed by atoms with van der Waals surface area (Å²) in [6, 6.07) is 7.99. The van der Waals surface area contributed by atoms with Gasteiger partial charge in [-0.25, -0.2) is 0 Å². The van der Waals surface area contributed by atoms with Crippen molar-refractivity contribution in [2.45, 2.75) is 77.0 Å². The van der Waals surface area contributed by atoms with Gasteiger partial charge in [-0.05, 0) is 37.8 Å². The quantitative estimate of drug-likeness (QED) is 0.190. The third-order valence-electron chi connectivity index (χ3n) is 5.14. The molecule has 0 bridgehead atoms. The summed E-state index contributed by atoms with van der Waals surface area (Å²) >= 11 is 0. The summed E-state index contributed by atoms with van der Waals surface area (Å²) in [5.74, 6) is 0.139. The molecule has 0 heterocycles. The number of rotatable bonds is 12. The molecule has 0 amide bonds. The molecule has 0 aromatic heterocycles. The van der Waals surface area contributed by atoms with Gasteiger partial charge in [0.25, 0.3) is 0 Å². The van der Waals surface area contributed by atoms with E-state index in [-0.39, 0.29) is 27.9 Å². The van der Waals surface area contributed by atoms with Crippen molar-refractivity contribution in [3.8, 4) is 0 Å². The van der Waals surface area contributed by atoms with Crippen molar-refractivity contribution in [3.05, 3.63) is 41.7 Å². The van der Waals surface area contributed by atoms with Crippen LogP contribution < -0.4 is 0 Å². The SMILES string of the molecule is CCCCCCC1CC(=O)C(C(CC)=NOCC)=C(OS(=O)(=O)c2ccccc2)C1. The number of oxime groups is 1. The predicted molar refractivity (Wildman–Crippen MR) is 118 cm³/mol. The highest BCUT2D eigenvalue weighted by Crippen LogP contribution is 2.34. The van der Waals surface area contributed by atoms with E-state index in [2.05, 4.69) is 12.1 Å². The third kappa shape index (κ3) is 6.69. The largest absolute Gasteiger partial charge is 0.396 e. The van der Waals surface area contributed by atoms with Gasteiger partial charge in [0.05, 0.1) is 11.3 Å². The number of carbonyl (C=O) groups excluding carboxylic acids is 1. The lowest BCUT2D eigenvalue weighted by molar-refractivity contribution is -0.116. The third-order valence-corrected chi connectivity index (χ3v) is 6.41. The lowest BCUT2D eigenvalue weighted by Gasteiger charge is -2.26. The van der Waals surface area contributed by atoms with Gasteiger partial charge in [-0.2, -0.15) is 8.42 Å². The van der Waals surface area contributed by atoms with E-state index < -0.39 is 10.1 Å². The highest BCUT2D eigenvalue weighted by Gasteiger charge is 2.34. The Morgan fingerprint density at radius 3 is 2.43 bits per heavy atom. The molecule has 0 radical (unpaired) electrons. The second-order valence-corrected chi connectivity index (χ2v) is 9.05. The number of hydrogen-bond acceptors (Lipinski definition) is 6. The standard InChI is InChI=1S/C23H33NO5S/c1-4-7-8-10-13-18-16-21(25)23(20(5-2)24-28-6-3)22(17-18)29-30(26,27)19-14-11-9-12-15-19/h9,11-12,14-15,18H,4-8,10,13,16-17H2,1-3H3. The van der Waals surface area contributed by atoms with Crippen molar-refractivity contribution in [2.24, 2.45) is 11.1 Å². The van der Waals surface area contributed by atoms with E-state index in [0.29, 0.717) is 31.6 Å². The number of Topliss-reactive ketones (excluding diaryl/α,β-unsaturated/α-hetero) is 1. The van der Waals surface area contributed by atoms with Crippen molar-refractivity contribution in [2.75, 3.05) is 6.61 Å². The van der Waals surface area contributed by atoms with Gasteiger partial charge in [-0.15, -0.1) is 0 Å². The van der Waals surface area contributed by atoms with Crippen LogP contribution in [-0.2, 0) is 23.9 Å². The molecule has 0 fully saturated rings. The zero-order valence-electron chi connectivity index (χ0n) is 18.2. The van der Waals surface area contributed by atoms with Gasteiger partial charge in [-0.3, -0.25) is 4.79 Å². The molecule has 1 aromatic rings. The first-order chi connectivity index (χ1) is 14.4. The molecule has 2 rings (SSSR count). The number of unbranched alkanes of at least 4 members (excludes halogenated alkanes) is 3. The highest BCUT2D eigenvalue weighted by atomic mass is 32.2. The van der Waals surface area contributed by atoms with Crippen molar-refractivity contribution >= 4 is 21.6 Å². The monoisotopic (exact) mass is 435 g/mol. The first-order valence-electron chi connectivity index (χ1n) is 10.9. The van der Waals surface area contributed by atoms with Crippen LogP contribution in [0.15, 0.2) is 51.7 Å². The van der Waals surface area contributed by atoms with Crippen LogP contribution in [0.1, 0.15) is 72.1 Å². The van der Waals surface area contributed by atoms with Gasteiger partial charge in [0.15, 0.2) is 5.78 Å². The molecule has 0 saturated carbocycles. The molecule has 7 heteroatoms.